The minimum Gasteiger partial charge on any atom is -0.324 e. The summed E-state index contributed by atoms with van der Waals surface area (Å²) in [5, 5.41) is 0. The lowest BCUT2D eigenvalue weighted by Gasteiger charge is -2.04. The van der Waals surface area contributed by atoms with Crippen molar-refractivity contribution in [3.05, 3.63) is 54.4 Å². The van der Waals surface area contributed by atoms with Crippen LogP contribution in [0.3, 0.4) is 0 Å². The highest BCUT2D eigenvalue weighted by Crippen LogP contribution is 2.16. The van der Waals surface area contributed by atoms with Gasteiger partial charge in [0.25, 0.3) is 0 Å². The summed E-state index contributed by atoms with van der Waals surface area (Å²) >= 11 is 0. The molecule has 2 aromatic rings. The molecular formula is C16H20N2. The predicted molar refractivity (Wildman–Crippen MR) is 77.7 cm³/mol. The van der Waals surface area contributed by atoms with Gasteiger partial charge in [0.1, 0.15) is 5.82 Å². The average Bonchev–Trinajstić information content (AvgIpc) is 2.69. The van der Waals surface area contributed by atoms with E-state index in [0.29, 0.717) is 0 Å². The largest absolute Gasteiger partial charge is 0.324 e. The zero-order valence-corrected chi connectivity index (χ0v) is 11.2. The lowest BCUT2D eigenvalue weighted by atomic mass is 10.1. The average molecular weight is 240 g/mol. The van der Waals surface area contributed by atoms with Crippen LogP contribution in [0.5, 0.6) is 0 Å². The molecule has 0 radical (unpaired) electrons. The van der Waals surface area contributed by atoms with Crippen molar-refractivity contribution in [2.45, 2.75) is 33.2 Å². The molecule has 1 aromatic heterocycles. The SMILES string of the molecule is C=CCCC(C)=CCn1c(C)nc2ccccc21. The fourth-order valence-corrected chi connectivity index (χ4v) is 2.11. The zero-order valence-electron chi connectivity index (χ0n) is 11.2. The van der Waals surface area contributed by atoms with E-state index in [9.17, 15) is 0 Å². The molecule has 0 N–H and O–H groups in total. The number of allylic oxidation sites excluding steroid dienone is 3. The van der Waals surface area contributed by atoms with Crippen molar-refractivity contribution in [1.82, 2.24) is 9.55 Å². The van der Waals surface area contributed by atoms with Crippen molar-refractivity contribution in [2.75, 3.05) is 0 Å². The van der Waals surface area contributed by atoms with E-state index in [-0.39, 0.29) is 0 Å². The summed E-state index contributed by atoms with van der Waals surface area (Å²) in [6.45, 7) is 8.89. The number of imidazole rings is 1. The maximum atomic E-state index is 4.57. The Morgan fingerprint density at radius 3 is 2.94 bits per heavy atom. The molecule has 2 heteroatoms. The number of benzene rings is 1. The molecule has 0 aliphatic heterocycles. The molecule has 0 aliphatic rings. The van der Waals surface area contributed by atoms with E-state index in [4.69, 9.17) is 0 Å². The van der Waals surface area contributed by atoms with Crippen LogP contribution >= 0.6 is 0 Å². The second-order valence-electron chi connectivity index (χ2n) is 4.64. The van der Waals surface area contributed by atoms with Crippen LogP contribution in [0.25, 0.3) is 11.0 Å². The zero-order chi connectivity index (χ0) is 13.0. The summed E-state index contributed by atoms with van der Waals surface area (Å²) in [5.41, 5.74) is 3.70. The third-order valence-electron chi connectivity index (χ3n) is 3.21. The first kappa shape index (κ1) is 12.6. The molecule has 2 rings (SSSR count). The molecular weight excluding hydrogens is 220 g/mol. The maximum Gasteiger partial charge on any atom is 0.107 e. The number of hydrogen-bond acceptors (Lipinski definition) is 1. The summed E-state index contributed by atoms with van der Waals surface area (Å²) in [7, 11) is 0. The fourth-order valence-electron chi connectivity index (χ4n) is 2.11. The normalized spacial score (nSPS) is 12.0. The molecule has 1 heterocycles. The lowest BCUT2D eigenvalue weighted by molar-refractivity contribution is 0.794. The quantitative estimate of drug-likeness (QED) is 0.714. The van der Waals surface area contributed by atoms with Gasteiger partial charge in [-0.05, 0) is 38.8 Å². The summed E-state index contributed by atoms with van der Waals surface area (Å²) in [6.07, 6.45) is 6.39. The highest BCUT2D eigenvalue weighted by atomic mass is 15.1. The standard InChI is InChI=1S/C16H20N2/c1-4-5-8-13(2)11-12-18-14(3)17-15-9-6-7-10-16(15)18/h4,6-7,9-11H,1,5,8,12H2,2-3H3. The van der Waals surface area contributed by atoms with Crippen molar-refractivity contribution in [2.24, 2.45) is 0 Å². The molecule has 0 unspecified atom stereocenters. The molecule has 0 aliphatic carbocycles. The van der Waals surface area contributed by atoms with E-state index in [0.717, 1.165) is 30.7 Å². The Kier molecular flexibility index (Phi) is 3.98. The lowest BCUT2D eigenvalue weighted by Crippen LogP contribution is -1.98. The van der Waals surface area contributed by atoms with Crippen molar-refractivity contribution in [3.63, 3.8) is 0 Å². The summed E-state index contributed by atoms with van der Waals surface area (Å²) in [6, 6.07) is 8.29. The highest BCUT2D eigenvalue weighted by molar-refractivity contribution is 5.75. The van der Waals surface area contributed by atoms with Crippen molar-refractivity contribution >= 4 is 11.0 Å². The number of nitrogens with zero attached hydrogens (tertiary/aromatic N) is 2. The number of fused-ring (bicyclic) bond motifs is 1. The molecule has 0 spiro atoms. The Bertz CT molecular complexity index is 576. The van der Waals surface area contributed by atoms with Crippen LogP contribution < -0.4 is 0 Å². The van der Waals surface area contributed by atoms with Crippen molar-refractivity contribution in [1.29, 1.82) is 0 Å². The van der Waals surface area contributed by atoms with E-state index in [1.807, 2.05) is 12.1 Å². The van der Waals surface area contributed by atoms with E-state index in [1.54, 1.807) is 0 Å². The van der Waals surface area contributed by atoms with Gasteiger partial charge in [0.05, 0.1) is 11.0 Å². The number of rotatable bonds is 5. The van der Waals surface area contributed by atoms with Gasteiger partial charge in [0, 0.05) is 6.54 Å². The van der Waals surface area contributed by atoms with Gasteiger partial charge < -0.3 is 4.57 Å². The molecule has 2 nitrogen and oxygen atoms in total. The number of para-hydroxylation sites is 2. The van der Waals surface area contributed by atoms with Gasteiger partial charge in [-0.15, -0.1) is 6.58 Å². The van der Waals surface area contributed by atoms with E-state index in [2.05, 4.69) is 54.3 Å². The molecule has 18 heavy (non-hydrogen) atoms. The van der Waals surface area contributed by atoms with Gasteiger partial charge in [-0.1, -0.05) is 29.9 Å². The molecule has 0 bridgehead atoms. The number of aromatic nitrogens is 2. The summed E-state index contributed by atoms with van der Waals surface area (Å²) < 4.78 is 2.26. The van der Waals surface area contributed by atoms with E-state index < -0.39 is 0 Å². The van der Waals surface area contributed by atoms with E-state index in [1.165, 1.54) is 11.1 Å². The monoisotopic (exact) mass is 240 g/mol. The highest BCUT2D eigenvalue weighted by Gasteiger charge is 2.04. The first-order chi connectivity index (χ1) is 8.72. The third kappa shape index (κ3) is 2.70. The molecule has 0 saturated carbocycles. The van der Waals surface area contributed by atoms with Crippen LogP contribution in [0, 0.1) is 6.92 Å². The van der Waals surface area contributed by atoms with Crippen LogP contribution in [-0.2, 0) is 6.54 Å². The molecule has 0 amide bonds. The van der Waals surface area contributed by atoms with Gasteiger partial charge >= 0.3 is 0 Å². The topological polar surface area (TPSA) is 17.8 Å². The number of hydrogen-bond donors (Lipinski definition) is 0. The summed E-state index contributed by atoms with van der Waals surface area (Å²) in [5.74, 6) is 1.07. The predicted octanol–water partition coefficient (Wildman–Crippen LogP) is 4.26. The fraction of sp³-hybridized carbons (Fsp3) is 0.312. The van der Waals surface area contributed by atoms with Gasteiger partial charge in [0.15, 0.2) is 0 Å². The Morgan fingerprint density at radius 1 is 1.39 bits per heavy atom. The maximum absolute atomic E-state index is 4.57. The smallest absolute Gasteiger partial charge is 0.107 e. The minimum atomic E-state index is 0.898. The van der Waals surface area contributed by atoms with Gasteiger partial charge in [-0.3, -0.25) is 0 Å². The second-order valence-corrected chi connectivity index (χ2v) is 4.64. The van der Waals surface area contributed by atoms with E-state index >= 15 is 0 Å². The van der Waals surface area contributed by atoms with Crippen molar-refractivity contribution < 1.29 is 0 Å². The second kappa shape index (κ2) is 5.67. The molecule has 0 saturated heterocycles. The van der Waals surface area contributed by atoms with Gasteiger partial charge in [-0.25, -0.2) is 4.98 Å². The van der Waals surface area contributed by atoms with Crippen LogP contribution in [0.2, 0.25) is 0 Å². The van der Waals surface area contributed by atoms with Crippen LogP contribution in [0.1, 0.15) is 25.6 Å². The minimum absolute atomic E-state index is 0.898. The van der Waals surface area contributed by atoms with Crippen LogP contribution in [0.15, 0.2) is 48.6 Å². The Hall–Kier alpha value is -1.83. The van der Waals surface area contributed by atoms with Gasteiger partial charge in [0.2, 0.25) is 0 Å². The van der Waals surface area contributed by atoms with Crippen molar-refractivity contribution in [3.8, 4) is 0 Å². The Labute approximate surface area is 109 Å². The molecule has 0 atom stereocenters. The van der Waals surface area contributed by atoms with Crippen LogP contribution in [0.4, 0.5) is 0 Å². The number of aryl methyl sites for hydroxylation is 1. The Morgan fingerprint density at radius 2 is 2.17 bits per heavy atom. The van der Waals surface area contributed by atoms with Crippen LogP contribution in [-0.4, -0.2) is 9.55 Å². The first-order valence-corrected chi connectivity index (χ1v) is 6.40. The summed E-state index contributed by atoms with van der Waals surface area (Å²) in [4.78, 5) is 4.57. The molecule has 1 aromatic carbocycles. The molecule has 94 valence electrons. The Balaban J connectivity index is 2.21. The van der Waals surface area contributed by atoms with Gasteiger partial charge in [-0.2, -0.15) is 0 Å². The first-order valence-electron chi connectivity index (χ1n) is 6.40. The molecule has 0 fully saturated rings. The third-order valence-corrected chi connectivity index (χ3v) is 3.21.